The second-order valence-corrected chi connectivity index (χ2v) is 16.4. The van der Waals surface area contributed by atoms with Crippen LogP contribution in [0.5, 0.6) is 0 Å². The number of amides is 1. The van der Waals surface area contributed by atoms with Crippen molar-refractivity contribution in [2.45, 2.75) is 77.4 Å². The van der Waals surface area contributed by atoms with Crippen molar-refractivity contribution >= 4 is 24.5 Å². The Kier molecular flexibility index (Phi) is 8.70. The molecule has 1 N–H and O–H groups in total. The SMILES string of the molecule is CC(C)(C)OC(=O)N[C@@H](c1ccccc1)[C@@H](CO[Si](C)(C)C(C)(C)C)OS(C)(=O)=O. The summed E-state index contributed by atoms with van der Waals surface area (Å²) in [6.45, 7) is 15.7. The van der Waals surface area contributed by atoms with Crippen LogP contribution >= 0.6 is 0 Å². The summed E-state index contributed by atoms with van der Waals surface area (Å²) in [4.78, 5) is 12.5. The van der Waals surface area contributed by atoms with E-state index in [-0.39, 0.29) is 11.6 Å². The van der Waals surface area contributed by atoms with Crippen molar-refractivity contribution < 1.29 is 26.6 Å². The van der Waals surface area contributed by atoms with E-state index in [1.54, 1.807) is 32.9 Å². The zero-order valence-electron chi connectivity index (χ0n) is 19.6. The highest BCUT2D eigenvalue weighted by Crippen LogP contribution is 2.37. The van der Waals surface area contributed by atoms with E-state index in [2.05, 4.69) is 39.2 Å². The maximum absolute atomic E-state index is 12.5. The number of benzene rings is 1. The number of carbonyl (C=O) groups excluding carboxylic acids is 1. The van der Waals surface area contributed by atoms with E-state index < -0.39 is 42.3 Å². The predicted molar refractivity (Wildman–Crippen MR) is 121 cm³/mol. The molecule has 1 amide bonds. The lowest BCUT2D eigenvalue weighted by molar-refractivity contribution is 0.0395. The van der Waals surface area contributed by atoms with E-state index in [4.69, 9.17) is 13.3 Å². The van der Waals surface area contributed by atoms with Crippen molar-refractivity contribution in [3.63, 3.8) is 0 Å². The average molecular weight is 460 g/mol. The van der Waals surface area contributed by atoms with Crippen LogP contribution in [0.1, 0.15) is 53.1 Å². The van der Waals surface area contributed by atoms with E-state index >= 15 is 0 Å². The number of carbonyl (C=O) groups is 1. The zero-order valence-corrected chi connectivity index (χ0v) is 21.4. The Morgan fingerprint density at radius 1 is 1.07 bits per heavy atom. The van der Waals surface area contributed by atoms with Crippen LogP contribution in [0, 0.1) is 0 Å². The number of alkyl carbamates (subject to hydrolysis) is 1. The molecule has 0 saturated carbocycles. The van der Waals surface area contributed by atoms with E-state index in [1.165, 1.54) is 0 Å². The first-order valence-electron chi connectivity index (χ1n) is 9.98. The second-order valence-electron chi connectivity index (χ2n) is 9.94. The lowest BCUT2D eigenvalue weighted by Crippen LogP contribution is -2.47. The summed E-state index contributed by atoms with van der Waals surface area (Å²) in [5.41, 5.74) is -0.00767. The lowest BCUT2D eigenvalue weighted by Gasteiger charge is -2.38. The standard InChI is InChI=1S/C21H37NO6SSi/c1-20(2,3)27-19(23)22-18(16-13-11-10-12-14-16)17(28-29(7,24)25)15-26-30(8,9)21(4,5)6/h10-14,17-18H,15H2,1-9H3,(H,22,23)/t17-,18+/m1/s1. The van der Waals surface area contributed by atoms with Gasteiger partial charge in [0.1, 0.15) is 11.7 Å². The van der Waals surface area contributed by atoms with Gasteiger partial charge >= 0.3 is 6.09 Å². The van der Waals surface area contributed by atoms with Crippen molar-refractivity contribution in [2.75, 3.05) is 12.9 Å². The van der Waals surface area contributed by atoms with Crippen LogP contribution in [0.3, 0.4) is 0 Å². The van der Waals surface area contributed by atoms with Gasteiger partial charge in [0, 0.05) is 0 Å². The maximum atomic E-state index is 12.5. The second kappa shape index (κ2) is 9.80. The Morgan fingerprint density at radius 3 is 2.03 bits per heavy atom. The van der Waals surface area contributed by atoms with Gasteiger partial charge in [-0.3, -0.25) is 4.18 Å². The highest BCUT2D eigenvalue weighted by molar-refractivity contribution is 7.86. The Labute approximate surface area is 182 Å². The molecule has 0 radical (unpaired) electrons. The van der Waals surface area contributed by atoms with Crippen LogP contribution in [0.25, 0.3) is 0 Å². The van der Waals surface area contributed by atoms with E-state index in [0.29, 0.717) is 5.56 Å². The number of ether oxygens (including phenoxy) is 1. The van der Waals surface area contributed by atoms with Crippen molar-refractivity contribution in [1.82, 2.24) is 5.32 Å². The van der Waals surface area contributed by atoms with Gasteiger partial charge in [-0.2, -0.15) is 8.42 Å². The van der Waals surface area contributed by atoms with E-state index in [0.717, 1.165) is 6.26 Å². The van der Waals surface area contributed by atoms with E-state index in [9.17, 15) is 13.2 Å². The summed E-state index contributed by atoms with van der Waals surface area (Å²) < 4.78 is 41.0. The van der Waals surface area contributed by atoms with Gasteiger partial charge in [0.2, 0.25) is 0 Å². The molecule has 172 valence electrons. The highest BCUT2D eigenvalue weighted by atomic mass is 32.2. The van der Waals surface area contributed by atoms with Gasteiger partial charge in [0.15, 0.2) is 8.32 Å². The third-order valence-electron chi connectivity index (χ3n) is 4.92. The molecule has 1 rings (SSSR count). The molecule has 0 fully saturated rings. The summed E-state index contributed by atoms with van der Waals surface area (Å²) in [6, 6.07) is 8.28. The normalized spacial score (nSPS) is 15.4. The molecule has 0 spiro atoms. The minimum atomic E-state index is -3.81. The number of nitrogens with one attached hydrogen (secondary N) is 1. The Bertz CT molecular complexity index is 797. The van der Waals surface area contributed by atoms with Gasteiger partial charge in [0.25, 0.3) is 10.1 Å². The first-order chi connectivity index (χ1) is 13.4. The number of rotatable bonds is 8. The predicted octanol–water partition coefficient (Wildman–Crippen LogP) is 4.62. The van der Waals surface area contributed by atoms with Gasteiger partial charge in [-0.15, -0.1) is 0 Å². The molecule has 0 aliphatic heterocycles. The molecule has 0 aromatic heterocycles. The molecule has 1 aromatic rings. The summed E-state index contributed by atoms with van der Waals surface area (Å²) in [5.74, 6) is 0. The smallest absolute Gasteiger partial charge is 0.408 e. The number of hydrogen-bond donors (Lipinski definition) is 1. The molecular formula is C21H37NO6SSi. The topological polar surface area (TPSA) is 90.9 Å². The van der Waals surface area contributed by atoms with Crippen molar-refractivity contribution in [2.24, 2.45) is 0 Å². The van der Waals surface area contributed by atoms with Crippen LogP contribution in [0.15, 0.2) is 30.3 Å². The summed E-state index contributed by atoms with van der Waals surface area (Å²) in [5, 5.41) is 2.71. The fourth-order valence-corrected chi connectivity index (χ4v) is 4.03. The van der Waals surface area contributed by atoms with Crippen LogP contribution < -0.4 is 5.32 Å². The summed E-state index contributed by atoms with van der Waals surface area (Å²) >= 11 is 0. The minimum absolute atomic E-state index is 0.0128. The average Bonchev–Trinajstić information content (AvgIpc) is 2.54. The fraction of sp³-hybridized carbons (Fsp3) is 0.667. The van der Waals surface area contributed by atoms with Crippen molar-refractivity contribution in [3.8, 4) is 0 Å². The van der Waals surface area contributed by atoms with Crippen molar-refractivity contribution in [3.05, 3.63) is 35.9 Å². The molecule has 0 aliphatic rings. The fourth-order valence-electron chi connectivity index (χ4n) is 2.40. The largest absolute Gasteiger partial charge is 0.444 e. The third-order valence-corrected chi connectivity index (χ3v) is 10.0. The molecular weight excluding hydrogens is 422 g/mol. The van der Waals surface area contributed by atoms with Crippen LogP contribution in [-0.2, 0) is 23.5 Å². The maximum Gasteiger partial charge on any atom is 0.408 e. The van der Waals surface area contributed by atoms with Crippen molar-refractivity contribution in [1.29, 1.82) is 0 Å². The van der Waals surface area contributed by atoms with Gasteiger partial charge in [-0.25, -0.2) is 4.79 Å². The first-order valence-corrected chi connectivity index (χ1v) is 14.7. The van der Waals surface area contributed by atoms with Gasteiger partial charge in [-0.05, 0) is 44.5 Å². The molecule has 9 heteroatoms. The van der Waals surface area contributed by atoms with Crippen LogP contribution in [-0.4, -0.2) is 47.4 Å². The number of hydrogen-bond acceptors (Lipinski definition) is 6. The van der Waals surface area contributed by atoms with Crippen LogP contribution in [0.2, 0.25) is 18.1 Å². The lowest BCUT2D eigenvalue weighted by atomic mass is 10.0. The highest BCUT2D eigenvalue weighted by Gasteiger charge is 2.39. The molecule has 0 saturated heterocycles. The summed E-state index contributed by atoms with van der Waals surface area (Å²) in [7, 11) is -5.99. The van der Waals surface area contributed by atoms with Gasteiger partial charge < -0.3 is 14.5 Å². The van der Waals surface area contributed by atoms with Gasteiger partial charge in [-0.1, -0.05) is 51.1 Å². The molecule has 0 aliphatic carbocycles. The Balaban J connectivity index is 3.26. The molecule has 2 atom stereocenters. The quantitative estimate of drug-likeness (QED) is 0.451. The zero-order chi connectivity index (χ0) is 23.4. The Morgan fingerprint density at radius 2 is 1.60 bits per heavy atom. The summed E-state index contributed by atoms with van der Waals surface area (Å²) in [6.07, 6.45) is -0.628. The third kappa shape index (κ3) is 9.16. The minimum Gasteiger partial charge on any atom is -0.444 e. The molecule has 0 unspecified atom stereocenters. The molecule has 30 heavy (non-hydrogen) atoms. The molecule has 0 bridgehead atoms. The Hall–Kier alpha value is -1.42. The van der Waals surface area contributed by atoms with Crippen LogP contribution in [0.4, 0.5) is 4.79 Å². The first kappa shape index (κ1) is 26.6. The van der Waals surface area contributed by atoms with E-state index in [1.807, 2.05) is 18.2 Å². The molecule has 1 aromatic carbocycles. The molecule has 0 heterocycles. The van der Waals surface area contributed by atoms with Gasteiger partial charge in [0.05, 0.1) is 18.9 Å². The molecule has 7 nitrogen and oxygen atoms in total. The monoisotopic (exact) mass is 459 g/mol.